The summed E-state index contributed by atoms with van der Waals surface area (Å²) in [5.74, 6) is 0.162. The number of aryl methyl sites for hydroxylation is 1. The molecule has 0 fully saturated rings. The molecule has 0 aliphatic heterocycles. The van der Waals surface area contributed by atoms with Gasteiger partial charge in [-0.2, -0.15) is 0 Å². The first-order chi connectivity index (χ1) is 17.5. The third kappa shape index (κ3) is 7.31. The van der Waals surface area contributed by atoms with Crippen LogP contribution in [-0.2, 0) is 10.2 Å². The van der Waals surface area contributed by atoms with Crippen molar-refractivity contribution in [2.24, 2.45) is 11.7 Å². The number of ketones is 1. The summed E-state index contributed by atoms with van der Waals surface area (Å²) in [5, 5.41) is 0. The molecule has 200 valence electrons. The van der Waals surface area contributed by atoms with Crippen molar-refractivity contribution in [1.82, 2.24) is 0 Å². The summed E-state index contributed by atoms with van der Waals surface area (Å²) in [6.07, 6.45) is 11.8. The number of primary amides is 1. The van der Waals surface area contributed by atoms with Crippen molar-refractivity contribution in [3.63, 3.8) is 0 Å². The van der Waals surface area contributed by atoms with Crippen LogP contribution < -0.4 is 5.73 Å². The lowest BCUT2D eigenvalue weighted by Crippen LogP contribution is -2.27. The van der Waals surface area contributed by atoms with Gasteiger partial charge in [-0.05, 0) is 118 Å². The van der Waals surface area contributed by atoms with Crippen LogP contribution >= 0.6 is 0 Å². The molecule has 0 saturated carbocycles. The molecule has 1 amide bonds. The summed E-state index contributed by atoms with van der Waals surface area (Å²) in [7, 11) is 0. The van der Waals surface area contributed by atoms with Gasteiger partial charge in [0.1, 0.15) is 5.78 Å². The number of hydrogen-bond acceptors (Lipinski definition) is 2. The highest BCUT2D eigenvalue weighted by Gasteiger charge is 2.29. The fourth-order valence-electron chi connectivity index (χ4n) is 5.31. The van der Waals surface area contributed by atoms with Gasteiger partial charge in [-0.3, -0.25) is 9.59 Å². The summed E-state index contributed by atoms with van der Waals surface area (Å²) < 4.78 is 0. The van der Waals surface area contributed by atoms with E-state index < -0.39 is 11.3 Å². The van der Waals surface area contributed by atoms with Crippen LogP contribution in [0.5, 0.6) is 0 Å². The average Bonchev–Trinajstić information content (AvgIpc) is 2.86. The Kier molecular flexibility index (Phi) is 11.1. The summed E-state index contributed by atoms with van der Waals surface area (Å²) in [6.45, 7) is 16.5. The van der Waals surface area contributed by atoms with E-state index in [2.05, 4.69) is 65.0 Å². The molecular formula is C34H47NO2. The van der Waals surface area contributed by atoms with Crippen LogP contribution in [0.2, 0.25) is 0 Å². The lowest BCUT2D eigenvalue weighted by molar-refractivity contribution is -0.121. The lowest BCUT2D eigenvalue weighted by Gasteiger charge is -2.29. The first-order valence-electron chi connectivity index (χ1n) is 13.8. The van der Waals surface area contributed by atoms with Crippen molar-refractivity contribution >= 4 is 22.8 Å². The van der Waals surface area contributed by atoms with Gasteiger partial charge in [0, 0.05) is 11.0 Å². The minimum atomic E-state index is -0.535. The van der Waals surface area contributed by atoms with Crippen molar-refractivity contribution in [1.29, 1.82) is 0 Å². The Balaban J connectivity index is 0.000000877. The van der Waals surface area contributed by atoms with Gasteiger partial charge < -0.3 is 5.73 Å². The molecule has 0 bridgehead atoms. The van der Waals surface area contributed by atoms with Crippen molar-refractivity contribution in [3.8, 4) is 0 Å². The van der Waals surface area contributed by atoms with Crippen molar-refractivity contribution < 1.29 is 9.59 Å². The molecule has 0 spiro atoms. The molecule has 3 nitrogen and oxygen atoms in total. The molecule has 1 aliphatic rings. The van der Waals surface area contributed by atoms with Gasteiger partial charge in [-0.1, -0.05) is 69.5 Å². The third-order valence-electron chi connectivity index (χ3n) is 7.88. The number of amides is 1. The second-order valence-electron chi connectivity index (χ2n) is 10.9. The normalized spacial score (nSPS) is 15.9. The van der Waals surface area contributed by atoms with Crippen LogP contribution in [0.25, 0.3) is 11.1 Å². The van der Waals surface area contributed by atoms with E-state index in [0.717, 1.165) is 36.0 Å². The molecule has 2 aromatic carbocycles. The van der Waals surface area contributed by atoms with Crippen molar-refractivity contribution in [3.05, 3.63) is 81.9 Å². The van der Waals surface area contributed by atoms with Crippen molar-refractivity contribution in [2.75, 3.05) is 0 Å². The fraction of sp³-hybridized carbons (Fsp3) is 0.471. The maximum Gasteiger partial charge on any atom is 0.248 e. The molecule has 1 atom stereocenters. The van der Waals surface area contributed by atoms with Crippen molar-refractivity contribution in [2.45, 2.75) is 99.3 Å². The maximum atomic E-state index is 12.4. The van der Waals surface area contributed by atoms with Crippen LogP contribution in [0, 0.1) is 19.8 Å². The van der Waals surface area contributed by atoms with Crippen LogP contribution in [0.3, 0.4) is 0 Å². The van der Waals surface area contributed by atoms with E-state index in [1.165, 1.54) is 41.5 Å². The summed E-state index contributed by atoms with van der Waals surface area (Å²) in [6, 6.07) is 12.1. The van der Waals surface area contributed by atoms with E-state index in [-0.39, 0.29) is 5.78 Å². The number of unbranched alkanes of at least 4 members (excludes halogenated alkanes) is 2. The molecule has 3 rings (SSSR count). The van der Waals surface area contributed by atoms with Gasteiger partial charge >= 0.3 is 0 Å². The second kappa shape index (κ2) is 13.6. The molecule has 0 heterocycles. The Labute approximate surface area is 225 Å². The zero-order valence-electron chi connectivity index (χ0n) is 24.3. The molecule has 2 N–H and O–H groups in total. The average molecular weight is 502 g/mol. The van der Waals surface area contributed by atoms with Gasteiger partial charge in [0.15, 0.2) is 0 Å². The van der Waals surface area contributed by atoms with Crippen LogP contribution in [0.1, 0.15) is 118 Å². The Morgan fingerprint density at radius 2 is 1.65 bits per heavy atom. The predicted octanol–water partition coefficient (Wildman–Crippen LogP) is 8.75. The molecule has 0 saturated heterocycles. The highest BCUT2D eigenvalue weighted by atomic mass is 16.1. The van der Waals surface area contributed by atoms with Gasteiger partial charge in [0.25, 0.3) is 0 Å². The Morgan fingerprint density at radius 3 is 2.14 bits per heavy atom. The Hall–Kier alpha value is -2.94. The smallest absolute Gasteiger partial charge is 0.248 e. The van der Waals surface area contributed by atoms with Crippen LogP contribution in [-0.4, -0.2) is 11.7 Å². The number of nitrogens with two attached hydrogens (primary N) is 1. The first-order valence-corrected chi connectivity index (χ1v) is 13.8. The fourth-order valence-corrected chi connectivity index (χ4v) is 5.31. The summed E-state index contributed by atoms with van der Waals surface area (Å²) in [5.41, 5.74) is 13.7. The quantitative estimate of drug-likeness (QED) is 0.290. The zero-order chi connectivity index (χ0) is 27.8. The molecule has 37 heavy (non-hydrogen) atoms. The number of allylic oxidation sites excluding steroid dienone is 4. The van der Waals surface area contributed by atoms with Gasteiger partial charge in [0.2, 0.25) is 5.91 Å². The molecule has 1 unspecified atom stereocenters. The Bertz CT molecular complexity index is 1160. The number of Topliss-reactive ketones (excluding diaryl/α,β-unsaturated/α-hetero) is 1. The SMILES string of the molecule is CC(=O)C(C)(C)c1cccc(/C(C)=C(/c2ccc(C(N)=O)cc2C)C2CC=CCC2)c1C.CCCCC. The molecule has 1 aliphatic carbocycles. The molecule has 0 radical (unpaired) electrons. The minimum absolute atomic E-state index is 0.162. The summed E-state index contributed by atoms with van der Waals surface area (Å²) in [4.78, 5) is 24.1. The second-order valence-corrected chi connectivity index (χ2v) is 10.9. The largest absolute Gasteiger partial charge is 0.366 e. The van der Waals surface area contributed by atoms with Gasteiger partial charge in [-0.25, -0.2) is 0 Å². The highest BCUT2D eigenvalue weighted by Crippen LogP contribution is 2.41. The molecule has 2 aromatic rings. The zero-order valence-corrected chi connectivity index (χ0v) is 24.3. The van der Waals surface area contributed by atoms with E-state index in [9.17, 15) is 9.59 Å². The maximum absolute atomic E-state index is 12.4. The topological polar surface area (TPSA) is 60.2 Å². The number of carbonyl (C=O) groups is 2. The van der Waals surface area contributed by atoms with E-state index >= 15 is 0 Å². The number of benzene rings is 2. The third-order valence-corrected chi connectivity index (χ3v) is 7.88. The standard InChI is InChI=1S/C29H35NO2.C5H12/c1-18-17-23(28(30)32)15-16-24(18)27(22-11-8-7-9-12-22)20(3)25-13-10-14-26(19(25)2)29(5,6)21(4)31;1-3-5-4-2/h7-8,10,13-17,22H,9,11-12H2,1-6H3,(H2,30,32);3-5H2,1-2H3/b27-20+;. The molecule has 3 heteroatoms. The van der Waals surface area contributed by atoms with E-state index in [4.69, 9.17) is 5.73 Å². The predicted molar refractivity (Wildman–Crippen MR) is 159 cm³/mol. The van der Waals surface area contributed by atoms with Crippen LogP contribution in [0.4, 0.5) is 0 Å². The van der Waals surface area contributed by atoms with Gasteiger partial charge in [0.05, 0.1) is 0 Å². The number of hydrogen-bond donors (Lipinski definition) is 1. The lowest BCUT2D eigenvalue weighted by atomic mass is 9.75. The minimum Gasteiger partial charge on any atom is -0.366 e. The summed E-state index contributed by atoms with van der Waals surface area (Å²) >= 11 is 0. The monoisotopic (exact) mass is 501 g/mol. The first kappa shape index (κ1) is 30.3. The highest BCUT2D eigenvalue weighted by molar-refractivity contribution is 5.96. The van der Waals surface area contributed by atoms with E-state index in [1.54, 1.807) is 6.92 Å². The van der Waals surface area contributed by atoms with Crippen LogP contribution in [0.15, 0.2) is 48.6 Å². The molecule has 0 aromatic heterocycles. The van der Waals surface area contributed by atoms with E-state index in [0.29, 0.717) is 11.5 Å². The number of carbonyl (C=O) groups excluding carboxylic acids is 2. The Morgan fingerprint density at radius 1 is 0.973 bits per heavy atom. The van der Waals surface area contributed by atoms with Gasteiger partial charge in [-0.15, -0.1) is 0 Å². The van der Waals surface area contributed by atoms with E-state index in [1.807, 2.05) is 32.0 Å². The molecular weight excluding hydrogens is 454 g/mol. The number of rotatable bonds is 8.